The molecule has 6 nitrogen and oxygen atoms in total. The Labute approximate surface area is 104 Å². The number of carbonyl (C=O) groups is 1. The number of anilines is 1. The maximum absolute atomic E-state index is 12.0. The summed E-state index contributed by atoms with van der Waals surface area (Å²) in [6.07, 6.45) is 4.69. The number of carbonyl (C=O) groups excluding carboxylic acids is 1. The molecule has 0 spiro atoms. The first-order valence-electron chi connectivity index (χ1n) is 5.26. The number of amides is 1. The van der Waals surface area contributed by atoms with Crippen LogP contribution in [0.1, 0.15) is 16.1 Å². The van der Waals surface area contributed by atoms with Crippen molar-refractivity contribution in [2.75, 3.05) is 11.9 Å². The van der Waals surface area contributed by atoms with Crippen LogP contribution in [0.25, 0.3) is 0 Å². The number of H-pyrrole nitrogens is 1. The van der Waals surface area contributed by atoms with E-state index in [9.17, 15) is 4.79 Å². The Morgan fingerprint density at radius 3 is 3.06 bits per heavy atom. The number of aromatic amines is 1. The zero-order valence-electron chi connectivity index (χ0n) is 9.47. The quantitative estimate of drug-likeness (QED) is 0.662. The number of imidazole rings is 1. The van der Waals surface area contributed by atoms with Crippen molar-refractivity contribution in [3.05, 3.63) is 42.0 Å². The highest BCUT2D eigenvalue weighted by molar-refractivity contribution is 6.03. The first-order chi connectivity index (χ1) is 8.81. The van der Waals surface area contributed by atoms with Gasteiger partial charge in [0.05, 0.1) is 12.1 Å². The van der Waals surface area contributed by atoms with Gasteiger partial charge >= 0.3 is 0 Å². The Kier molecular flexibility index (Phi) is 3.69. The second-order valence-corrected chi connectivity index (χ2v) is 3.30. The molecule has 0 saturated heterocycles. The lowest BCUT2D eigenvalue weighted by Crippen LogP contribution is -2.16. The second kappa shape index (κ2) is 5.61. The summed E-state index contributed by atoms with van der Waals surface area (Å²) in [7, 11) is 0. The Bertz CT molecular complexity index is 594. The monoisotopic (exact) mass is 241 g/mol. The van der Waals surface area contributed by atoms with Gasteiger partial charge in [-0.1, -0.05) is 11.8 Å². The van der Waals surface area contributed by atoms with Gasteiger partial charge in [-0.3, -0.25) is 10.1 Å². The van der Waals surface area contributed by atoms with Gasteiger partial charge in [-0.15, -0.1) is 0 Å². The van der Waals surface area contributed by atoms with E-state index in [1.807, 2.05) is 0 Å². The van der Waals surface area contributed by atoms with Crippen molar-refractivity contribution in [2.45, 2.75) is 0 Å². The van der Waals surface area contributed by atoms with Crippen molar-refractivity contribution < 1.29 is 4.79 Å². The molecule has 90 valence electrons. The minimum absolute atomic E-state index is 0.230. The molecule has 2 heterocycles. The summed E-state index contributed by atoms with van der Waals surface area (Å²) in [5.74, 6) is 5.49. The average Bonchev–Trinajstić information content (AvgIpc) is 2.89. The molecule has 18 heavy (non-hydrogen) atoms. The number of nitrogens with one attached hydrogen (secondary N) is 2. The molecule has 0 atom stereocenters. The molecule has 2 aromatic rings. The minimum Gasteiger partial charge on any atom is -0.331 e. The molecule has 0 radical (unpaired) electrons. The number of hydrogen-bond donors (Lipinski definition) is 3. The van der Waals surface area contributed by atoms with Crippen molar-refractivity contribution in [1.29, 1.82) is 0 Å². The lowest BCUT2D eigenvalue weighted by atomic mass is 10.2. The number of rotatable bonds is 2. The minimum atomic E-state index is -0.369. The highest BCUT2D eigenvalue weighted by atomic mass is 16.2. The fraction of sp³-hybridized carbons (Fsp3) is 0.0833. The molecule has 0 aliphatic heterocycles. The Balaban J connectivity index is 2.24. The van der Waals surface area contributed by atoms with Gasteiger partial charge in [0, 0.05) is 18.6 Å². The van der Waals surface area contributed by atoms with Gasteiger partial charge < -0.3 is 10.7 Å². The molecule has 4 N–H and O–H groups in total. The predicted molar refractivity (Wildman–Crippen MR) is 66.7 cm³/mol. The number of aromatic nitrogens is 3. The van der Waals surface area contributed by atoms with Crippen molar-refractivity contribution in [2.24, 2.45) is 5.73 Å². The standard InChI is InChI=1S/C12H11N5O/c13-5-1-3-9-4-2-6-14-10(9)11(18)17-12-15-7-8-16-12/h2,4,6-8H,5,13H2,(H2,15,16,17,18). The van der Waals surface area contributed by atoms with E-state index >= 15 is 0 Å². The Morgan fingerprint density at radius 2 is 2.33 bits per heavy atom. The molecule has 0 aliphatic rings. The van der Waals surface area contributed by atoms with Gasteiger partial charge in [0.1, 0.15) is 5.69 Å². The summed E-state index contributed by atoms with van der Waals surface area (Å²) in [6.45, 7) is 0.230. The van der Waals surface area contributed by atoms with Gasteiger partial charge in [-0.2, -0.15) is 0 Å². The van der Waals surface area contributed by atoms with Crippen molar-refractivity contribution in [1.82, 2.24) is 15.0 Å². The molecule has 0 aliphatic carbocycles. The highest BCUT2D eigenvalue weighted by Gasteiger charge is 2.12. The maximum Gasteiger partial charge on any atom is 0.277 e. The largest absolute Gasteiger partial charge is 0.331 e. The van der Waals surface area contributed by atoms with E-state index < -0.39 is 0 Å². The van der Waals surface area contributed by atoms with Gasteiger partial charge in [0.2, 0.25) is 5.95 Å². The van der Waals surface area contributed by atoms with E-state index in [0.29, 0.717) is 11.5 Å². The van der Waals surface area contributed by atoms with Crippen LogP contribution in [0.2, 0.25) is 0 Å². The number of pyridine rings is 1. The van der Waals surface area contributed by atoms with E-state index in [1.54, 1.807) is 24.5 Å². The molecule has 0 saturated carbocycles. The summed E-state index contributed by atoms with van der Waals surface area (Å²) in [6, 6.07) is 3.43. The lowest BCUT2D eigenvalue weighted by Gasteiger charge is -2.03. The van der Waals surface area contributed by atoms with Gasteiger partial charge in [-0.25, -0.2) is 9.97 Å². The molecule has 1 amide bonds. The third-order valence-corrected chi connectivity index (χ3v) is 2.08. The molecular formula is C12H11N5O. The third kappa shape index (κ3) is 2.72. The van der Waals surface area contributed by atoms with E-state index in [4.69, 9.17) is 5.73 Å². The van der Waals surface area contributed by atoms with Crippen LogP contribution in [0.5, 0.6) is 0 Å². The molecule has 2 aromatic heterocycles. The SMILES string of the molecule is NCC#Cc1cccnc1C(=O)Nc1ncc[nH]1. The Morgan fingerprint density at radius 1 is 1.44 bits per heavy atom. The van der Waals surface area contributed by atoms with E-state index in [0.717, 1.165) is 0 Å². The third-order valence-electron chi connectivity index (χ3n) is 2.08. The fourth-order valence-corrected chi connectivity index (χ4v) is 1.33. The highest BCUT2D eigenvalue weighted by Crippen LogP contribution is 2.06. The first-order valence-corrected chi connectivity index (χ1v) is 5.26. The van der Waals surface area contributed by atoms with Crippen molar-refractivity contribution >= 4 is 11.9 Å². The topological polar surface area (TPSA) is 96.7 Å². The summed E-state index contributed by atoms with van der Waals surface area (Å²) < 4.78 is 0. The number of hydrogen-bond acceptors (Lipinski definition) is 4. The Hall–Kier alpha value is -2.65. The molecule has 6 heteroatoms. The van der Waals surface area contributed by atoms with E-state index in [2.05, 4.69) is 32.1 Å². The van der Waals surface area contributed by atoms with E-state index in [-0.39, 0.29) is 18.1 Å². The molecule has 0 bridgehead atoms. The van der Waals surface area contributed by atoms with Crippen LogP contribution in [-0.2, 0) is 0 Å². The number of nitrogens with zero attached hydrogens (tertiary/aromatic N) is 2. The normalized spacial score (nSPS) is 9.39. The van der Waals surface area contributed by atoms with Crippen LogP contribution in [0.3, 0.4) is 0 Å². The summed E-state index contributed by atoms with van der Waals surface area (Å²) in [5.41, 5.74) is 6.08. The predicted octanol–water partition coefficient (Wildman–Crippen LogP) is 0.367. The summed E-state index contributed by atoms with van der Waals surface area (Å²) in [4.78, 5) is 22.7. The maximum atomic E-state index is 12.0. The molecule has 0 fully saturated rings. The average molecular weight is 241 g/mol. The van der Waals surface area contributed by atoms with Crippen LogP contribution >= 0.6 is 0 Å². The molecule has 2 rings (SSSR count). The van der Waals surface area contributed by atoms with Gasteiger partial charge in [0.15, 0.2) is 0 Å². The first kappa shape index (κ1) is 11.8. The number of nitrogens with two attached hydrogens (primary N) is 1. The van der Waals surface area contributed by atoms with Crippen LogP contribution in [0, 0.1) is 11.8 Å². The zero-order chi connectivity index (χ0) is 12.8. The van der Waals surface area contributed by atoms with E-state index in [1.165, 1.54) is 6.20 Å². The fourth-order valence-electron chi connectivity index (χ4n) is 1.33. The van der Waals surface area contributed by atoms with Crippen LogP contribution < -0.4 is 11.1 Å². The van der Waals surface area contributed by atoms with Crippen LogP contribution in [-0.4, -0.2) is 27.4 Å². The van der Waals surface area contributed by atoms with Crippen LogP contribution in [0.15, 0.2) is 30.7 Å². The zero-order valence-corrected chi connectivity index (χ0v) is 9.47. The van der Waals surface area contributed by atoms with Crippen LogP contribution in [0.4, 0.5) is 5.95 Å². The summed E-state index contributed by atoms with van der Waals surface area (Å²) >= 11 is 0. The van der Waals surface area contributed by atoms with Crippen molar-refractivity contribution in [3.8, 4) is 11.8 Å². The smallest absolute Gasteiger partial charge is 0.277 e. The lowest BCUT2D eigenvalue weighted by molar-refractivity contribution is 0.102. The summed E-state index contributed by atoms with van der Waals surface area (Å²) in [5, 5.41) is 2.59. The second-order valence-electron chi connectivity index (χ2n) is 3.30. The molecule has 0 unspecified atom stereocenters. The van der Waals surface area contributed by atoms with Crippen molar-refractivity contribution in [3.63, 3.8) is 0 Å². The molecule has 0 aromatic carbocycles. The molecular weight excluding hydrogens is 230 g/mol. The van der Waals surface area contributed by atoms with Gasteiger partial charge in [-0.05, 0) is 12.1 Å². The van der Waals surface area contributed by atoms with Gasteiger partial charge in [0.25, 0.3) is 5.91 Å².